The van der Waals surface area contributed by atoms with Gasteiger partial charge in [0.15, 0.2) is 0 Å². The summed E-state index contributed by atoms with van der Waals surface area (Å²) in [5.74, 6) is -0.880. The Bertz CT molecular complexity index is 775. The number of carboxylic acids is 1. The van der Waals surface area contributed by atoms with Gasteiger partial charge >= 0.3 is 5.97 Å². The van der Waals surface area contributed by atoms with Crippen molar-refractivity contribution in [1.29, 1.82) is 0 Å². The third-order valence-electron chi connectivity index (χ3n) is 3.28. The molecular weight excluding hydrogens is 300 g/mol. The molecule has 0 bridgehead atoms. The number of carboxylic acid groups (broad SMARTS) is 1. The van der Waals surface area contributed by atoms with Crippen molar-refractivity contribution in [2.75, 3.05) is 0 Å². The molecule has 0 saturated heterocycles. The predicted molar refractivity (Wildman–Crippen MR) is 85.1 cm³/mol. The number of aliphatic carboxylic acids is 1. The highest BCUT2D eigenvalue weighted by Crippen LogP contribution is 2.26. The van der Waals surface area contributed by atoms with Gasteiger partial charge in [0.25, 0.3) is 0 Å². The van der Waals surface area contributed by atoms with Crippen LogP contribution in [0.3, 0.4) is 0 Å². The molecule has 0 atom stereocenters. The van der Waals surface area contributed by atoms with Crippen LogP contribution in [0.15, 0.2) is 66.1 Å². The highest BCUT2D eigenvalue weighted by molar-refractivity contribution is 8.00. The molecule has 4 nitrogen and oxygen atoms in total. The van der Waals surface area contributed by atoms with Crippen molar-refractivity contribution in [3.05, 3.63) is 72.3 Å². The average Bonchev–Trinajstić information content (AvgIpc) is 2.53. The number of carbonyl (C=O) groups is 1. The molecule has 0 unspecified atom stereocenters. The van der Waals surface area contributed by atoms with E-state index in [-0.39, 0.29) is 16.2 Å². The van der Waals surface area contributed by atoms with Crippen molar-refractivity contribution in [2.24, 2.45) is 0 Å². The Hall–Kier alpha value is -2.40. The minimum Gasteiger partial charge on any atom is -0.481 e. The van der Waals surface area contributed by atoms with Gasteiger partial charge in [-0.15, -0.1) is 0 Å². The molecule has 0 fully saturated rings. The largest absolute Gasteiger partial charge is 0.481 e. The van der Waals surface area contributed by atoms with Crippen LogP contribution in [0.4, 0.5) is 0 Å². The van der Waals surface area contributed by atoms with E-state index in [1.54, 1.807) is 42.5 Å². The molecular formula is C17H16O4S. The Morgan fingerprint density at radius 1 is 1.00 bits per heavy atom. The maximum atomic E-state index is 12.5. The maximum Gasteiger partial charge on any atom is 0.303 e. The molecule has 114 valence electrons. The van der Waals surface area contributed by atoms with E-state index in [0.717, 1.165) is 5.56 Å². The Kier molecular flexibility index (Phi) is 4.78. The van der Waals surface area contributed by atoms with Crippen LogP contribution in [0, 0.1) is 0 Å². The number of hydrogen-bond donors (Lipinski definition) is 1. The number of aryl methyl sites for hydroxylation is 1. The van der Waals surface area contributed by atoms with Gasteiger partial charge in [-0.2, -0.15) is 0 Å². The molecule has 0 aliphatic rings. The van der Waals surface area contributed by atoms with Crippen LogP contribution in [0.5, 0.6) is 0 Å². The standard InChI is InChI=1S/C17H16O4S/c1-13(15-5-3-2-4-6-15)22(20,21)16-10-7-14(8-11-16)9-12-17(18)19/h2-8,10-11H,1,9,12H2,(H,18,19). The van der Waals surface area contributed by atoms with E-state index in [4.69, 9.17) is 5.11 Å². The van der Waals surface area contributed by atoms with Crippen LogP contribution in [0.1, 0.15) is 17.5 Å². The van der Waals surface area contributed by atoms with Gasteiger partial charge in [-0.05, 0) is 29.7 Å². The van der Waals surface area contributed by atoms with Gasteiger partial charge < -0.3 is 5.11 Å². The topological polar surface area (TPSA) is 71.4 Å². The molecule has 0 aromatic heterocycles. The Morgan fingerprint density at radius 3 is 2.14 bits per heavy atom. The van der Waals surface area contributed by atoms with E-state index in [0.29, 0.717) is 12.0 Å². The Labute approximate surface area is 129 Å². The first-order valence-electron chi connectivity index (χ1n) is 6.71. The van der Waals surface area contributed by atoms with Crippen molar-refractivity contribution < 1.29 is 18.3 Å². The van der Waals surface area contributed by atoms with Gasteiger partial charge in [0, 0.05) is 6.42 Å². The zero-order valence-corrected chi connectivity index (χ0v) is 12.7. The summed E-state index contributed by atoms with van der Waals surface area (Å²) in [6.45, 7) is 3.69. The lowest BCUT2D eigenvalue weighted by Gasteiger charge is -2.08. The van der Waals surface area contributed by atoms with E-state index in [1.165, 1.54) is 12.1 Å². The van der Waals surface area contributed by atoms with Gasteiger partial charge in [-0.1, -0.05) is 49.0 Å². The minimum absolute atomic E-state index is 0.0167. The van der Waals surface area contributed by atoms with E-state index in [1.807, 2.05) is 0 Å². The van der Waals surface area contributed by atoms with Crippen LogP contribution in [-0.4, -0.2) is 19.5 Å². The summed E-state index contributed by atoms with van der Waals surface area (Å²) >= 11 is 0. The van der Waals surface area contributed by atoms with E-state index in [2.05, 4.69) is 6.58 Å². The molecule has 0 heterocycles. The minimum atomic E-state index is -3.65. The van der Waals surface area contributed by atoms with Gasteiger partial charge in [0.05, 0.1) is 9.80 Å². The molecule has 0 amide bonds. The summed E-state index contributed by atoms with van der Waals surface area (Å²) in [5, 5.41) is 8.65. The molecule has 0 radical (unpaired) electrons. The number of hydrogen-bond acceptors (Lipinski definition) is 3. The molecule has 1 N–H and O–H groups in total. The van der Waals surface area contributed by atoms with Crippen molar-refractivity contribution in [2.45, 2.75) is 17.7 Å². The van der Waals surface area contributed by atoms with Crippen LogP contribution in [0.25, 0.3) is 4.91 Å². The monoisotopic (exact) mass is 316 g/mol. The summed E-state index contributed by atoms with van der Waals surface area (Å²) in [6.07, 6.45) is 0.387. The van der Waals surface area contributed by atoms with E-state index >= 15 is 0 Å². The van der Waals surface area contributed by atoms with Crippen molar-refractivity contribution in [3.8, 4) is 0 Å². The summed E-state index contributed by atoms with van der Waals surface area (Å²) in [4.78, 5) is 10.7. The second-order valence-electron chi connectivity index (χ2n) is 4.83. The summed E-state index contributed by atoms with van der Waals surface area (Å²) < 4.78 is 25.0. The third-order valence-corrected chi connectivity index (χ3v) is 5.06. The fourth-order valence-electron chi connectivity index (χ4n) is 2.01. The van der Waals surface area contributed by atoms with Gasteiger partial charge in [-0.3, -0.25) is 4.79 Å². The zero-order chi connectivity index (χ0) is 16.2. The highest BCUT2D eigenvalue weighted by Gasteiger charge is 2.20. The fraction of sp³-hybridized carbons (Fsp3) is 0.118. The maximum absolute atomic E-state index is 12.5. The molecule has 2 aromatic rings. The van der Waals surface area contributed by atoms with E-state index < -0.39 is 15.8 Å². The normalized spacial score (nSPS) is 11.1. The number of rotatable bonds is 6. The molecule has 5 heteroatoms. The third kappa shape index (κ3) is 3.62. The second-order valence-corrected chi connectivity index (χ2v) is 6.80. The van der Waals surface area contributed by atoms with Gasteiger partial charge in [0.2, 0.25) is 9.84 Å². The SMILES string of the molecule is C=C(c1ccccc1)S(=O)(=O)c1ccc(CCC(=O)O)cc1. The molecule has 22 heavy (non-hydrogen) atoms. The predicted octanol–water partition coefficient (Wildman–Crippen LogP) is 3.15. The Morgan fingerprint density at radius 2 is 1.59 bits per heavy atom. The average molecular weight is 316 g/mol. The number of benzene rings is 2. The first-order chi connectivity index (χ1) is 10.4. The van der Waals surface area contributed by atoms with E-state index in [9.17, 15) is 13.2 Å². The smallest absolute Gasteiger partial charge is 0.303 e. The van der Waals surface area contributed by atoms with Crippen molar-refractivity contribution in [1.82, 2.24) is 0 Å². The van der Waals surface area contributed by atoms with Crippen molar-refractivity contribution in [3.63, 3.8) is 0 Å². The van der Waals surface area contributed by atoms with Crippen LogP contribution in [0.2, 0.25) is 0 Å². The van der Waals surface area contributed by atoms with Crippen molar-refractivity contribution >= 4 is 20.7 Å². The second kappa shape index (κ2) is 6.58. The zero-order valence-electron chi connectivity index (χ0n) is 11.9. The Balaban J connectivity index is 2.23. The molecule has 0 spiro atoms. The van der Waals surface area contributed by atoms with Gasteiger partial charge in [-0.25, -0.2) is 8.42 Å². The van der Waals surface area contributed by atoms with Gasteiger partial charge in [0.1, 0.15) is 0 Å². The summed E-state index contributed by atoms with van der Waals surface area (Å²) in [6, 6.07) is 14.9. The van der Waals surface area contributed by atoms with Crippen LogP contribution < -0.4 is 0 Å². The molecule has 0 saturated carbocycles. The first-order valence-corrected chi connectivity index (χ1v) is 8.20. The summed E-state index contributed by atoms with van der Waals surface area (Å²) in [5.41, 5.74) is 1.34. The fourth-order valence-corrected chi connectivity index (χ4v) is 3.23. The molecule has 0 aliphatic heterocycles. The number of sulfone groups is 1. The lowest BCUT2D eigenvalue weighted by Crippen LogP contribution is -2.04. The lowest BCUT2D eigenvalue weighted by molar-refractivity contribution is -0.136. The highest BCUT2D eigenvalue weighted by atomic mass is 32.2. The summed E-state index contributed by atoms with van der Waals surface area (Å²) in [7, 11) is -3.65. The van der Waals surface area contributed by atoms with Crippen LogP contribution >= 0.6 is 0 Å². The van der Waals surface area contributed by atoms with Crippen LogP contribution in [-0.2, 0) is 21.1 Å². The molecule has 2 aromatic carbocycles. The lowest BCUT2D eigenvalue weighted by atomic mass is 10.1. The molecule has 2 rings (SSSR count). The molecule has 0 aliphatic carbocycles. The first kappa shape index (κ1) is 16.0. The quantitative estimate of drug-likeness (QED) is 0.888.